The van der Waals surface area contributed by atoms with E-state index in [1.54, 1.807) is 0 Å². The maximum atomic E-state index is 2.42. The third-order valence-electron chi connectivity index (χ3n) is 3.60. The Hall–Kier alpha value is 0. The standard InChI is InChI=1S/C16H34/c1-12(2)10-13(3)11-14(15(4,5)6)16(7,8)9/h12-14H,10-11H2,1-9H3. The molecule has 0 fully saturated rings. The normalized spacial score (nSPS) is 15.9. The Kier molecular flexibility index (Phi) is 5.56. The van der Waals surface area contributed by atoms with Crippen molar-refractivity contribution >= 4 is 0 Å². The van der Waals surface area contributed by atoms with Crippen LogP contribution in [-0.2, 0) is 0 Å². The molecule has 0 spiro atoms. The van der Waals surface area contributed by atoms with Crippen molar-refractivity contribution in [1.29, 1.82) is 0 Å². The van der Waals surface area contributed by atoms with Crippen molar-refractivity contribution in [3.8, 4) is 0 Å². The van der Waals surface area contributed by atoms with Gasteiger partial charge in [0, 0.05) is 0 Å². The minimum Gasteiger partial charge on any atom is -0.0628 e. The molecular weight excluding hydrogens is 192 g/mol. The van der Waals surface area contributed by atoms with Gasteiger partial charge in [0.1, 0.15) is 0 Å². The summed E-state index contributed by atoms with van der Waals surface area (Å²) in [6, 6.07) is 0. The summed E-state index contributed by atoms with van der Waals surface area (Å²) in [7, 11) is 0. The van der Waals surface area contributed by atoms with E-state index in [1.165, 1.54) is 12.8 Å². The topological polar surface area (TPSA) is 0 Å². The molecule has 0 aromatic carbocycles. The summed E-state index contributed by atoms with van der Waals surface area (Å²) in [5.41, 5.74) is 0.840. The highest BCUT2D eigenvalue weighted by molar-refractivity contribution is 4.85. The van der Waals surface area contributed by atoms with E-state index in [9.17, 15) is 0 Å². The zero-order valence-electron chi connectivity index (χ0n) is 13.1. The summed E-state index contributed by atoms with van der Waals surface area (Å²) >= 11 is 0. The first-order valence-electron chi connectivity index (χ1n) is 6.94. The molecule has 16 heavy (non-hydrogen) atoms. The van der Waals surface area contributed by atoms with Gasteiger partial charge < -0.3 is 0 Å². The van der Waals surface area contributed by atoms with Crippen molar-refractivity contribution in [2.75, 3.05) is 0 Å². The van der Waals surface area contributed by atoms with Crippen molar-refractivity contribution in [3.05, 3.63) is 0 Å². The SMILES string of the molecule is CC(C)CC(C)CC(C(C)(C)C)C(C)(C)C. The largest absolute Gasteiger partial charge is 0.0628 e. The third kappa shape index (κ3) is 5.92. The predicted octanol–water partition coefficient (Wildman–Crippen LogP) is 5.77. The highest BCUT2D eigenvalue weighted by Crippen LogP contribution is 2.44. The lowest BCUT2D eigenvalue weighted by Crippen LogP contribution is -2.34. The Morgan fingerprint density at radius 3 is 1.31 bits per heavy atom. The Bertz CT molecular complexity index is 173. The summed E-state index contributed by atoms with van der Waals surface area (Å²) in [6.07, 6.45) is 2.73. The molecule has 0 amide bonds. The fourth-order valence-corrected chi connectivity index (χ4v) is 3.31. The van der Waals surface area contributed by atoms with Gasteiger partial charge in [-0.2, -0.15) is 0 Å². The maximum Gasteiger partial charge on any atom is -0.0314 e. The molecule has 0 bridgehead atoms. The molecule has 0 aliphatic rings. The highest BCUT2D eigenvalue weighted by Gasteiger charge is 2.35. The van der Waals surface area contributed by atoms with Crippen molar-refractivity contribution in [1.82, 2.24) is 0 Å². The van der Waals surface area contributed by atoms with Gasteiger partial charge in [-0.1, -0.05) is 62.3 Å². The van der Waals surface area contributed by atoms with E-state index in [-0.39, 0.29) is 0 Å². The third-order valence-corrected chi connectivity index (χ3v) is 3.60. The van der Waals surface area contributed by atoms with E-state index in [4.69, 9.17) is 0 Å². The van der Waals surface area contributed by atoms with Gasteiger partial charge in [0.15, 0.2) is 0 Å². The fourth-order valence-electron chi connectivity index (χ4n) is 3.31. The van der Waals surface area contributed by atoms with Gasteiger partial charge in [-0.25, -0.2) is 0 Å². The Morgan fingerprint density at radius 1 is 0.688 bits per heavy atom. The van der Waals surface area contributed by atoms with Crippen LogP contribution in [0.4, 0.5) is 0 Å². The van der Waals surface area contributed by atoms with Crippen LogP contribution >= 0.6 is 0 Å². The molecule has 0 N–H and O–H groups in total. The lowest BCUT2D eigenvalue weighted by Gasteiger charge is -2.42. The molecule has 0 rings (SSSR count). The molecule has 0 radical (unpaired) electrons. The Labute approximate surface area is 104 Å². The van der Waals surface area contributed by atoms with Gasteiger partial charge in [0.25, 0.3) is 0 Å². The predicted molar refractivity (Wildman–Crippen MR) is 75.6 cm³/mol. The first-order valence-corrected chi connectivity index (χ1v) is 6.94. The van der Waals surface area contributed by atoms with Gasteiger partial charge in [-0.05, 0) is 41.4 Å². The van der Waals surface area contributed by atoms with E-state index < -0.39 is 0 Å². The Morgan fingerprint density at radius 2 is 1.06 bits per heavy atom. The molecule has 98 valence electrons. The quantitative estimate of drug-likeness (QED) is 0.571. The van der Waals surface area contributed by atoms with Crippen molar-refractivity contribution < 1.29 is 0 Å². The zero-order valence-corrected chi connectivity index (χ0v) is 13.1. The first kappa shape index (κ1) is 16.0. The van der Waals surface area contributed by atoms with Crippen molar-refractivity contribution in [3.63, 3.8) is 0 Å². The van der Waals surface area contributed by atoms with Crippen LogP contribution in [0.5, 0.6) is 0 Å². The van der Waals surface area contributed by atoms with E-state index in [2.05, 4.69) is 62.3 Å². The van der Waals surface area contributed by atoms with Crippen molar-refractivity contribution in [2.45, 2.75) is 75.2 Å². The average Bonchev–Trinajstić information content (AvgIpc) is 1.94. The van der Waals surface area contributed by atoms with E-state index >= 15 is 0 Å². The number of rotatable bonds is 4. The number of hydrogen-bond acceptors (Lipinski definition) is 0. The molecule has 0 heterocycles. The molecule has 1 atom stereocenters. The molecule has 0 aromatic heterocycles. The monoisotopic (exact) mass is 226 g/mol. The molecule has 0 heteroatoms. The van der Waals surface area contributed by atoms with Gasteiger partial charge in [0.05, 0.1) is 0 Å². The highest BCUT2D eigenvalue weighted by atomic mass is 14.4. The zero-order chi connectivity index (χ0) is 13.1. The van der Waals surface area contributed by atoms with Crippen LogP contribution in [0.15, 0.2) is 0 Å². The molecule has 0 aromatic rings. The second-order valence-electron chi connectivity index (χ2n) is 8.26. The lowest BCUT2D eigenvalue weighted by atomic mass is 9.63. The first-order chi connectivity index (χ1) is 6.94. The minimum atomic E-state index is 0.420. The lowest BCUT2D eigenvalue weighted by molar-refractivity contribution is 0.0740. The molecule has 0 aliphatic heterocycles. The Balaban J connectivity index is 4.58. The fraction of sp³-hybridized carbons (Fsp3) is 1.00. The van der Waals surface area contributed by atoms with Gasteiger partial charge in [-0.3, -0.25) is 0 Å². The molecule has 1 unspecified atom stereocenters. The second-order valence-corrected chi connectivity index (χ2v) is 8.26. The maximum absolute atomic E-state index is 2.42. The van der Waals surface area contributed by atoms with Crippen LogP contribution in [-0.4, -0.2) is 0 Å². The minimum absolute atomic E-state index is 0.420. The summed E-state index contributed by atoms with van der Waals surface area (Å²) < 4.78 is 0. The molecular formula is C16H34. The smallest absolute Gasteiger partial charge is 0.0314 e. The summed E-state index contributed by atoms with van der Waals surface area (Å²) in [5, 5.41) is 0. The van der Waals surface area contributed by atoms with Gasteiger partial charge in [-0.15, -0.1) is 0 Å². The molecule has 0 nitrogen and oxygen atoms in total. The van der Waals surface area contributed by atoms with Crippen LogP contribution in [0.1, 0.15) is 75.2 Å². The van der Waals surface area contributed by atoms with Crippen LogP contribution in [0, 0.1) is 28.6 Å². The number of hydrogen-bond donors (Lipinski definition) is 0. The molecule has 0 aliphatic carbocycles. The summed E-state index contributed by atoms with van der Waals surface area (Å²) in [4.78, 5) is 0. The average molecular weight is 226 g/mol. The summed E-state index contributed by atoms with van der Waals surface area (Å²) in [6.45, 7) is 21.5. The van der Waals surface area contributed by atoms with Crippen molar-refractivity contribution in [2.24, 2.45) is 28.6 Å². The van der Waals surface area contributed by atoms with Crippen LogP contribution < -0.4 is 0 Å². The van der Waals surface area contributed by atoms with E-state index in [0.29, 0.717) is 10.8 Å². The van der Waals surface area contributed by atoms with Crippen LogP contribution in [0.2, 0.25) is 0 Å². The van der Waals surface area contributed by atoms with Crippen LogP contribution in [0.25, 0.3) is 0 Å². The van der Waals surface area contributed by atoms with E-state index in [0.717, 1.165) is 17.8 Å². The van der Waals surface area contributed by atoms with Gasteiger partial charge >= 0.3 is 0 Å². The molecule has 0 saturated heterocycles. The molecule has 0 saturated carbocycles. The second kappa shape index (κ2) is 5.56. The van der Waals surface area contributed by atoms with E-state index in [1.807, 2.05) is 0 Å². The van der Waals surface area contributed by atoms with Crippen LogP contribution in [0.3, 0.4) is 0 Å². The van der Waals surface area contributed by atoms with Gasteiger partial charge in [0.2, 0.25) is 0 Å². The summed E-state index contributed by atoms with van der Waals surface area (Å²) in [5.74, 6) is 2.48.